The van der Waals surface area contributed by atoms with Crippen molar-refractivity contribution in [3.05, 3.63) is 59.1 Å². The van der Waals surface area contributed by atoms with E-state index in [0.29, 0.717) is 26.1 Å². The van der Waals surface area contributed by atoms with Crippen LogP contribution in [0.2, 0.25) is 0 Å². The van der Waals surface area contributed by atoms with Crippen molar-refractivity contribution in [3.63, 3.8) is 0 Å². The smallest absolute Gasteiger partial charge is 0.256 e. The summed E-state index contributed by atoms with van der Waals surface area (Å²) in [5, 5.41) is 16.0. The van der Waals surface area contributed by atoms with Gasteiger partial charge in [0.25, 0.3) is 5.91 Å². The molecule has 0 spiro atoms. The highest BCUT2D eigenvalue weighted by Gasteiger charge is 2.41. The standard InChI is InChI=1S/C19H21FN4O2S/c20-15-4-2-14(3-5-15)11-23-7-1-6-19(26,17(23)25)13-21-10-16-12-24-8-9-27-18(24)22-16/h2-5,8-9,12,21,26H,1,6-7,10-11,13H2. The first-order valence-electron chi connectivity index (χ1n) is 8.91. The molecule has 1 atom stereocenters. The molecular formula is C19H21FN4O2S. The Kier molecular flexibility index (Phi) is 4.94. The first kappa shape index (κ1) is 18.1. The highest BCUT2D eigenvalue weighted by Crippen LogP contribution is 2.24. The van der Waals surface area contributed by atoms with Crippen LogP contribution in [0.1, 0.15) is 24.1 Å². The molecule has 1 fully saturated rings. The zero-order chi connectivity index (χ0) is 18.9. The van der Waals surface area contributed by atoms with E-state index in [1.54, 1.807) is 28.4 Å². The second-order valence-electron chi connectivity index (χ2n) is 6.92. The van der Waals surface area contributed by atoms with Gasteiger partial charge in [0.15, 0.2) is 10.6 Å². The van der Waals surface area contributed by atoms with Crippen LogP contribution in [0, 0.1) is 5.82 Å². The molecule has 4 rings (SSSR count). The van der Waals surface area contributed by atoms with E-state index in [-0.39, 0.29) is 18.3 Å². The lowest BCUT2D eigenvalue weighted by Crippen LogP contribution is -2.57. The summed E-state index contributed by atoms with van der Waals surface area (Å²) in [6, 6.07) is 6.10. The minimum Gasteiger partial charge on any atom is -0.379 e. The second kappa shape index (κ2) is 7.38. The molecule has 1 saturated heterocycles. The molecule has 0 aliphatic carbocycles. The number of nitrogens with one attached hydrogen (secondary N) is 1. The lowest BCUT2D eigenvalue weighted by atomic mass is 9.91. The highest BCUT2D eigenvalue weighted by molar-refractivity contribution is 7.15. The maximum absolute atomic E-state index is 13.1. The maximum Gasteiger partial charge on any atom is 0.256 e. The van der Waals surface area contributed by atoms with E-state index in [1.807, 2.05) is 22.2 Å². The molecule has 6 nitrogen and oxygen atoms in total. The zero-order valence-corrected chi connectivity index (χ0v) is 15.6. The number of amides is 1. The Morgan fingerprint density at radius 3 is 2.93 bits per heavy atom. The molecule has 1 aliphatic rings. The van der Waals surface area contributed by atoms with Crippen molar-refractivity contribution < 1.29 is 14.3 Å². The van der Waals surface area contributed by atoms with Gasteiger partial charge in [-0.2, -0.15) is 0 Å². The fourth-order valence-electron chi connectivity index (χ4n) is 3.45. The summed E-state index contributed by atoms with van der Waals surface area (Å²) in [5.74, 6) is -0.583. The quantitative estimate of drug-likeness (QED) is 0.679. The number of piperidine rings is 1. The maximum atomic E-state index is 13.1. The van der Waals surface area contributed by atoms with Gasteiger partial charge in [0.05, 0.1) is 5.69 Å². The lowest BCUT2D eigenvalue weighted by Gasteiger charge is -2.38. The fourth-order valence-corrected chi connectivity index (χ4v) is 4.17. The lowest BCUT2D eigenvalue weighted by molar-refractivity contribution is -0.157. The molecule has 0 radical (unpaired) electrons. The summed E-state index contributed by atoms with van der Waals surface area (Å²) in [5.41, 5.74) is 0.298. The van der Waals surface area contributed by atoms with Crippen molar-refractivity contribution in [2.24, 2.45) is 0 Å². The molecule has 1 aliphatic heterocycles. The number of aromatic nitrogens is 2. The van der Waals surface area contributed by atoms with Crippen LogP contribution >= 0.6 is 11.3 Å². The first-order chi connectivity index (χ1) is 13.0. The summed E-state index contributed by atoms with van der Waals surface area (Å²) in [7, 11) is 0. The highest BCUT2D eigenvalue weighted by atomic mass is 32.1. The second-order valence-corrected chi connectivity index (χ2v) is 7.79. The van der Waals surface area contributed by atoms with Crippen LogP contribution in [-0.2, 0) is 17.9 Å². The zero-order valence-electron chi connectivity index (χ0n) is 14.8. The summed E-state index contributed by atoms with van der Waals surface area (Å²) in [6.45, 7) is 1.63. The van der Waals surface area contributed by atoms with E-state index in [2.05, 4.69) is 10.3 Å². The van der Waals surface area contributed by atoms with Gasteiger partial charge in [-0.05, 0) is 30.5 Å². The van der Waals surface area contributed by atoms with Crippen molar-refractivity contribution in [3.8, 4) is 0 Å². The Balaban J connectivity index is 1.36. The van der Waals surface area contributed by atoms with Crippen molar-refractivity contribution >= 4 is 22.2 Å². The summed E-state index contributed by atoms with van der Waals surface area (Å²) in [6.07, 6.45) is 5.04. The largest absolute Gasteiger partial charge is 0.379 e. The first-order valence-corrected chi connectivity index (χ1v) is 9.79. The number of hydrogen-bond acceptors (Lipinski definition) is 5. The molecule has 2 N–H and O–H groups in total. The number of carbonyl (C=O) groups excluding carboxylic acids is 1. The average molecular weight is 388 g/mol. The van der Waals surface area contributed by atoms with Crippen molar-refractivity contribution in [2.45, 2.75) is 31.5 Å². The van der Waals surface area contributed by atoms with Gasteiger partial charge in [-0.15, -0.1) is 11.3 Å². The van der Waals surface area contributed by atoms with Gasteiger partial charge >= 0.3 is 0 Å². The van der Waals surface area contributed by atoms with E-state index in [1.165, 1.54) is 12.1 Å². The van der Waals surface area contributed by atoms with Crippen LogP contribution < -0.4 is 5.32 Å². The molecule has 3 heterocycles. The normalized spacial score (nSPS) is 20.5. The monoisotopic (exact) mass is 388 g/mol. The van der Waals surface area contributed by atoms with E-state index < -0.39 is 5.60 Å². The Labute approximate surface area is 160 Å². The number of rotatable bonds is 6. The third kappa shape index (κ3) is 3.87. The van der Waals surface area contributed by atoms with E-state index >= 15 is 0 Å². The van der Waals surface area contributed by atoms with Gasteiger partial charge in [-0.1, -0.05) is 12.1 Å². The average Bonchev–Trinajstić information content (AvgIpc) is 3.23. The van der Waals surface area contributed by atoms with Crippen molar-refractivity contribution in [1.29, 1.82) is 0 Å². The van der Waals surface area contributed by atoms with Crippen LogP contribution in [0.4, 0.5) is 4.39 Å². The molecule has 8 heteroatoms. The van der Waals surface area contributed by atoms with Crippen LogP contribution in [0.5, 0.6) is 0 Å². The molecule has 3 aromatic rings. The van der Waals surface area contributed by atoms with Crippen LogP contribution in [0.25, 0.3) is 4.96 Å². The van der Waals surface area contributed by atoms with E-state index in [4.69, 9.17) is 0 Å². The molecule has 1 aromatic carbocycles. The van der Waals surface area contributed by atoms with Gasteiger partial charge in [-0.25, -0.2) is 9.37 Å². The number of carbonyl (C=O) groups is 1. The molecule has 0 bridgehead atoms. The number of thiazole rings is 1. The molecule has 142 valence electrons. The minimum absolute atomic E-state index is 0.178. The molecule has 1 amide bonds. The number of nitrogens with zero attached hydrogens (tertiary/aromatic N) is 3. The SMILES string of the molecule is O=C1N(Cc2ccc(F)cc2)CCCC1(O)CNCc1cn2ccsc2n1. The third-order valence-corrected chi connectivity index (χ3v) is 5.63. The predicted molar refractivity (Wildman–Crippen MR) is 101 cm³/mol. The summed E-state index contributed by atoms with van der Waals surface area (Å²) >= 11 is 1.56. The predicted octanol–water partition coefficient (Wildman–Crippen LogP) is 2.18. The van der Waals surface area contributed by atoms with Crippen molar-refractivity contribution in [1.82, 2.24) is 19.6 Å². The van der Waals surface area contributed by atoms with Crippen molar-refractivity contribution in [2.75, 3.05) is 13.1 Å². The van der Waals surface area contributed by atoms with Gasteiger partial charge in [0.1, 0.15) is 5.82 Å². The Morgan fingerprint density at radius 2 is 2.15 bits per heavy atom. The van der Waals surface area contributed by atoms with E-state index in [0.717, 1.165) is 22.6 Å². The molecule has 2 aromatic heterocycles. The number of halogens is 1. The van der Waals surface area contributed by atoms with Gasteiger partial charge in [-0.3, -0.25) is 9.20 Å². The Morgan fingerprint density at radius 1 is 1.33 bits per heavy atom. The Hall–Kier alpha value is -2.29. The van der Waals surface area contributed by atoms with Gasteiger partial charge < -0.3 is 15.3 Å². The molecule has 27 heavy (non-hydrogen) atoms. The van der Waals surface area contributed by atoms with Gasteiger partial charge in [0.2, 0.25) is 0 Å². The number of hydrogen-bond donors (Lipinski definition) is 2. The number of imidazole rings is 1. The number of likely N-dealkylation sites (tertiary alicyclic amines) is 1. The number of aliphatic hydroxyl groups is 1. The molecule has 0 saturated carbocycles. The number of fused-ring (bicyclic) bond motifs is 1. The molecule has 1 unspecified atom stereocenters. The third-order valence-electron chi connectivity index (χ3n) is 4.86. The summed E-state index contributed by atoms with van der Waals surface area (Å²) < 4.78 is 15.0. The minimum atomic E-state index is -1.42. The fraction of sp³-hybridized carbons (Fsp3) is 0.368. The summed E-state index contributed by atoms with van der Waals surface area (Å²) in [4.78, 5) is 19.9. The van der Waals surface area contributed by atoms with Crippen LogP contribution in [-0.4, -0.2) is 44.0 Å². The topological polar surface area (TPSA) is 69.9 Å². The Bertz CT molecular complexity index is 910. The van der Waals surface area contributed by atoms with E-state index in [9.17, 15) is 14.3 Å². The van der Waals surface area contributed by atoms with Crippen LogP contribution in [0.3, 0.4) is 0 Å². The number of benzene rings is 1. The molecular weight excluding hydrogens is 367 g/mol. The van der Waals surface area contributed by atoms with Crippen LogP contribution in [0.15, 0.2) is 42.0 Å². The van der Waals surface area contributed by atoms with Gasteiger partial charge in [0, 0.05) is 44.0 Å².